The van der Waals surface area contributed by atoms with Crippen LogP contribution in [-0.4, -0.2) is 42.3 Å². The van der Waals surface area contributed by atoms with E-state index in [2.05, 4.69) is 20.8 Å². The number of sulfone groups is 1. The molecule has 1 atom stereocenters. The van der Waals surface area contributed by atoms with Crippen molar-refractivity contribution in [1.29, 1.82) is 0 Å². The first-order valence-corrected chi connectivity index (χ1v) is 7.98. The first kappa shape index (κ1) is 13.9. The minimum Gasteiger partial charge on any atom is -0.358 e. The molecule has 0 amide bonds. The van der Waals surface area contributed by atoms with Crippen LogP contribution < -0.4 is 10.7 Å². The van der Waals surface area contributed by atoms with Gasteiger partial charge in [0.1, 0.15) is 0 Å². The fourth-order valence-electron chi connectivity index (χ4n) is 1.74. The molecule has 2 N–H and O–H groups in total. The molecule has 8 heteroatoms. The van der Waals surface area contributed by atoms with E-state index in [9.17, 15) is 8.42 Å². The van der Waals surface area contributed by atoms with Crippen LogP contribution in [-0.2, 0) is 9.84 Å². The summed E-state index contributed by atoms with van der Waals surface area (Å²) in [6.45, 7) is 0. The van der Waals surface area contributed by atoms with Gasteiger partial charge in [0.2, 0.25) is 0 Å². The minimum atomic E-state index is -2.90. The maximum absolute atomic E-state index is 11.3. The molecule has 0 radical (unpaired) electrons. The Hall–Kier alpha value is -1.54. The van der Waals surface area contributed by atoms with Crippen molar-refractivity contribution in [3.8, 4) is 0 Å². The van der Waals surface area contributed by atoms with Gasteiger partial charge in [-0.2, -0.15) is 5.10 Å². The molecule has 1 aromatic heterocycles. The SMILES string of the molecule is O=S1(=O)CC[C@@H](NC(=S)N/N=C\c2ccncc2)C1. The van der Waals surface area contributed by atoms with E-state index >= 15 is 0 Å². The van der Waals surface area contributed by atoms with Crippen molar-refractivity contribution in [2.75, 3.05) is 11.5 Å². The summed E-state index contributed by atoms with van der Waals surface area (Å²) in [7, 11) is -2.90. The molecule has 0 spiro atoms. The maximum atomic E-state index is 11.3. The van der Waals surface area contributed by atoms with Crippen molar-refractivity contribution in [2.24, 2.45) is 5.10 Å². The van der Waals surface area contributed by atoms with Crippen LogP contribution in [0.3, 0.4) is 0 Å². The Morgan fingerprint density at radius 1 is 1.47 bits per heavy atom. The number of thiocarbonyl (C=S) groups is 1. The fraction of sp³-hybridized carbons (Fsp3) is 0.364. The molecule has 1 aliphatic rings. The number of hydrogen-bond acceptors (Lipinski definition) is 5. The lowest BCUT2D eigenvalue weighted by molar-refractivity contribution is 0.600. The first-order chi connectivity index (χ1) is 9.05. The van der Waals surface area contributed by atoms with Crippen LogP contribution in [0, 0.1) is 0 Å². The second-order valence-corrected chi connectivity index (χ2v) is 6.86. The quantitative estimate of drug-likeness (QED) is 0.467. The minimum absolute atomic E-state index is 0.124. The Bertz CT molecular complexity index is 572. The zero-order valence-corrected chi connectivity index (χ0v) is 11.7. The van der Waals surface area contributed by atoms with Crippen LogP contribution in [0.2, 0.25) is 0 Å². The van der Waals surface area contributed by atoms with Gasteiger partial charge in [0.25, 0.3) is 0 Å². The van der Waals surface area contributed by atoms with E-state index in [0.29, 0.717) is 11.5 Å². The van der Waals surface area contributed by atoms with Gasteiger partial charge in [-0.25, -0.2) is 8.42 Å². The van der Waals surface area contributed by atoms with Crippen molar-refractivity contribution in [3.63, 3.8) is 0 Å². The Kier molecular flexibility index (Phi) is 4.43. The summed E-state index contributed by atoms with van der Waals surface area (Å²) in [5.74, 6) is 0.344. The van der Waals surface area contributed by atoms with E-state index < -0.39 is 9.84 Å². The highest BCUT2D eigenvalue weighted by atomic mass is 32.2. The van der Waals surface area contributed by atoms with Crippen LogP contribution in [0.5, 0.6) is 0 Å². The summed E-state index contributed by atoms with van der Waals surface area (Å²) in [5, 5.41) is 7.23. The largest absolute Gasteiger partial charge is 0.358 e. The second kappa shape index (κ2) is 6.07. The predicted molar refractivity (Wildman–Crippen MR) is 77.8 cm³/mol. The van der Waals surface area contributed by atoms with Crippen LogP contribution >= 0.6 is 12.2 Å². The highest BCUT2D eigenvalue weighted by Gasteiger charge is 2.27. The van der Waals surface area contributed by atoms with Crippen LogP contribution in [0.4, 0.5) is 0 Å². The second-order valence-electron chi connectivity index (χ2n) is 4.22. The van der Waals surface area contributed by atoms with Crippen molar-refractivity contribution in [2.45, 2.75) is 12.5 Å². The van der Waals surface area contributed by atoms with Gasteiger partial charge in [0.05, 0.1) is 17.7 Å². The fourth-order valence-corrected chi connectivity index (χ4v) is 3.63. The van der Waals surface area contributed by atoms with Gasteiger partial charge in [-0.15, -0.1) is 0 Å². The predicted octanol–water partition coefficient (Wildman–Crippen LogP) is 0.0667. The molecule has 0 aromatic carbocycles. The average Bonchev–Trinajstić information content (AvgIpc) is 2.70. The van der Waals surface area contributed by atoms with Crippen LogP contribution in [0.25, 0.3) is 0 Å². The molecule has 1 fully saturated rings. The summed E-state index contributed by atoms with van der Waals surface area (Å²) < 4.78 is 22.6. The molecule has 1 aliphatic heterocycles. The topological polar surface area (TPSA) is 83.5 Å². The molecule has 2 heterocycles. The van der Waals surface area contributed by atoms with E-state index in [4.69, 9.17) is 12.2 Å². The number of nitrogens with one attached hydrogen (secondary N) is 2. The highest BCUT2D eigenvalue weighted by molar-refractivity contribution is 7.91. The third-order valence-electron chi connectivity index (χ3n) is 2.65. The Morgan fingerprint density at radius 2 is 2.21 bits per heavy atom. The molecule has 0 unspecified atom stereocenters. The van der Waals surface area contributed by atoms with E-state index in [-0.39, 0.29) is 17.5 Å². The molecule has 0 bridgehead atoms. The van der Waals surface area contributed by atoms with Crippen molar-refractivity contribution < 1.29 is 8.42 Å². The summed E-state index contributed by atoms with van der Waals surface area (Å²) >= 11 is 5.04. The number of pyridine rings is 1. The summed E-state index contributed by atoms with van der Waals surface area (Å²) in [6, 6.07) is 3.50. The third-order valence-corrected chi connectivity index (χ3v) is 4.63. The van der Waals surface area contributed by atoms with Gasteiger partial charge >= 0.3 is 0 Å². The van der Waals surface area contributed by atoms with Crippen LogP contribution in [0.1, 0.15) is 12.0 Å². The standard InChI is InChI=1S/C11H14N4O2S2/c16-19(17)6-3-10(8-19)14-11(18)15-13-7-9-1-4-12-5-2-9/h1-2,4-5,7,10H,3,6,8H2,(H2,14,15,18)/b13-7-/t10-/m1/s1. The number of aromatic nitrogens is 1. The third kappa shape index (κ3) is 4.56. The number of hydrazone groups is 1. The zero-order valence-electron chi connectivity index (χ0n) is 10.1. The molecule has 0 aliphatic carbocycles. The molecule has 2 rings (SSSR count). The maximum Gasteiger partial charge on any atom is 0.187 e. The lowest BCUT2D eigenvalue weighted by Crippen LogP contribution is -2.40. The summed E-state index contributed by atoms with van der Waals surface area (Å²) in [6.07, 6.45) is 5.53. The van der Waals surface area contributed by atoms with Gasteiger partial charge in [0, 0.05) is 18.4 Å². The van der Waals surface area contributed by atoms with E-state index in [0.717, 1.165) is 5.56 Å². The number of nitrogens with zero attached hydrogens (tertiary/aromatic N) is 2. The van der Waals surface area contributed by atoms with Gasteiger partial charge < -0.3 is 5.32 Å². The van der Waals surface area contributed by atoms with Gasteiger partial charge in [-0.05, 0) is 36.3 Å². The Balaban J connectivity index is 1.78. The molecule has 1 aromatic rings. The lowest BCUT2D eigenvalue weighted by Gasteiger charge is -2.11. The van der Waals surface area contributed by atoms with E-state index in [1.165, 1.54) is 0 Å². The Morgan fingerprint density at radius 3 is 2.84 bits per heavy atom. The molecular formula is C11H14N4O2S2. The normalized spacial score (nSPS) is 21.4. The smallest absolute Gasteiger partial charge is 0.187 e. The lowest BCUT2D eigenvalue weighted by atomic mass is 10.3. The molecule has 1 saturated heterocycles. The van der Waals surface area contributed by atoms with Crippen molar-refractivity contribution in [1.82, 2.24) is 15.7 Å². The van der Waals surface area contributed by atoms with Gasteiger partial charge in [-0.1, -0.05) is 0 Å². The monoisotopic (exact) mass is 298 g/mol. The average molecular weight is 298 g/mol. The van der Waals surface area contributed by atoms with E-state index in [1.807, 2.05) is 12.1 Å². The van der Waals surface area contributed by atoms with Gasteiger partial charge in [-0.3, -0.25) is 10.4 Å². The molecule has 19 heavy (non-hydrogen) atoms. The van der Waals surface area contributed by atoms with E-state index in [1.54, 1.807) is 18.6 Å². The van der Waals surface area contributed by atoms with Crippen molar-refractivity contribution in [3.05, 3.63) is 30.1 Å². The van der Waals surface area contributed by atoms with Gasteiger partial charge in [0.15, 0.2) is 14.9 Å². The molecular weight excluding hydrogens is 284 g/mol. The highest BCUT2D eigenvalue weighted by Crippen LogP contribution is 2.10. The molecule has 6 nitrogen and oxygen atoms in total. The zero-order chi connectivity index (χ0) is 13.7. The molecule has 0 saturated carbocycles. The first-order valence-electron chi connectivity index (χ1n) is 5.75. The summed E-state index contributed by atoms with van der Waals surface area (Å²) in [4.78, 5) is 3.89. The molecule has 102 valence electrons. The Labute approximate surface area is 117 Å². The van der Waals surface area contributed by atoms with Crippen molar-refractivity contribution >= 4 is 33.4 Å². The number of hydrogen-bond donors (Lipinski definition) is 2. The number of rotatable bonds is 3. The van der Waals surface area contributed by atoms with Crippen LogP contribution in [0.15, 0.2) is 29.6 Å². The summed E-state index contributed by atoms with van der Waals surface area (Å²) in [5.41, 5.74) is 3.56.